The number of pyridine rings is 1. The van der Waals surface area contributed by atoms with Gasteiger partial charge in [0.05, 0.1) is 10.3 Å². The average Bonchev–Trinajstić information content (AvgIpc) is 2.57. The van der Waals surface area contributed by atoms with Gasteiger partial charge in [-0.1, -0.05) is 18.2 Å². The van der Waals surface area contributed by atoms with Crippen molar-refractivity contribution in [1.82, 2.24) is 4.98 Å². The fourth-order valence-corrected chi connectivity index (χ4v) is 2.31. The molecule has 114 valence electrons. The van der Waals surface area contributed by atoms with Crippen LogP contribution in [0, 0.1) is 10.1 Å². The number of carbonyl (C=O) groups is 1. The lowest BCUT2D eigenvalue weighted by Crippen LogP contribution is -2.14. The molecular formula is C16H10N2O5. The lowest BCUT2D eigenvalue weighted by atomic mass is 10.0. The van der Waals surface area contributed by atoms with Gasteiger partial charge in [-0.25, -0.2) is 0 Å². The number of fused-ring (bicyclic) bond motifs is 1. The highest BCUT2D eigenvalue weighted by Gasteiger charge is 2.19. The van der Waals surface area contributed by atoms with Gasteiger partial charge in [-0.3, -0.25) is 19.7 Å². The number of benzene rings is 2. The molecule has 0 radical (unpaired) electrons. The van der Waals surface area contributed by atoms with Crippen LogP contribution in [0.5, 0.6) is 5.75 Å². The maximum Gasteiger partial charge on any atom is 0.269 e. The van der Waals surface area contributed by atoms with E-state index in [4.69, 9.17) is 0 Å². The fraction of sp³-hybridized carbons (Fsp3) is 0. The van der Waals surface area contributed by atoms with Gasteiger partial charge in [0.1, 0.15) is 5.69 Å². The van der Waals surface area contributed by atoms with Gasteiger partial charge in [0.25, 0.3) is 11.2 Å². The Kier molecular flexibility index (Phi) is 3.38. The van der Waals surface area contributed by atoms with E-state index in [1.54, 1.807) is 12.1 Å². The Morgan fingerprint density at radius 2 is 1.65 bits per heavy atom. The van der Waals surface area contributed by atoms with Crippen molar-refractivity contribution >= 4 is 22.2 Å². The van der Waals surface area contributed by atoms with Crippen LogP contribution in [0.25, 0.3) is 10.8 Å². The van der Waals surface area contributed by atoms with Crippen molar-refractivity contribution in [3.63, 3.8) is 0 Å². The summed E-state index contributed by atoms with van der Waals surface area (Å²) in [6, 6.07) is 11.3. The SMILES string of the molecule is O=C(c1ccc([N+](=O)[O-])cc1)c1[nH]c(=O)c2ccccc2c1O. The number of aromatic hydroxyl groups is 1. The number of aromatic amines is 1. The Labute approximate surface area is 129 Å². The van der Waals surface area contributed by atoms with Crippen molar-refractivity contribution in [1.29, 1.82) is 0 Å². The van der Waals surface area contributed by atoms with Gasteiger partial charge in [0, 0.05) is 23.1 Å². The highest BCUT2D eigenvalue weighted by atomic mass is 16.6. The highest BCUT2D eigenvalue weighted by molar-refractivity contribution is 6.11. The van der Waals surface area contributed by atoms with Crippen LogP contribution in [0.1, 0.15) is 16.1 Å². The van der Waals surface area contributed by atoms with E-state index in [1.807, 2.05) is 0 Å². The predicted molar refractivity (Wildman–Crippen MR) is 82.8 cm³/mol. The van der Waals surface area contributed by atoms with Crippen molar-refractivity contribution in [2.45, 2.75) is 0 Å². The Bertz CT molecular complexity index is 990. The smallest absolute Gasteiger partial charge is 0.269 e. The van der Waals surface area contributed by atoms with Crippen LogP contribution in [-0.2, 0) is 0 Å². The lowest BCUT2D eigenvalue weighted by molar-refractivity contribution is -0.384. The molecule has 1 aromatic heterocycles. The van der Waals surface area contributed by atoms with Crippen LogP contribution in [0.4, 0.5) is 5.69 Å². The first-order chi connectivity index (χ1) is 11.0. The van der Waals surface area contributed by atoms with Crippen LogP contribution in [0.3, 0.4) is 0 Å². The molecule has 0 fully saturated rings. The third kappa shape index (κ3) is 2.44. The van der Waals surface area contributed by atoms with E-state index in [1.165, 1.54) is 36.4 Å². The Morgan fingerprint density at radius 3 is 2.26 bits per heavy atom. The third-order valence-electron chi connectivity index (χ3n) is 3.47. The standard InChI is InChI=1S/C16H10N2O5/c19-14(9-5-7-10(8-6-9)18(22)23)13-15(20)11-3-1-2-4-12(11)16(21)17-13/h1-8,20H,(H,17,21). The molecule has 0 atom stereocenters. The summed E-state index contributed by atoms with van der Waals surface area (Å²) < 4.78 is 0. The zero-order chi connectivity index (χ0) is 16.6. The normalized spacial score (nSPS) is 10.6. The van der Waals surface area contributed by atoms with Gasteiger partial charge in [0.2, 0.25) is 5.78 Å². The minimum atomic E-state index is -0.625. The van der Waals surface area contributed by atoms with E-state index in [0.717, 1.165) is 0 Å². The molecule has 0 aliphatic carbocycles. The number of nitrogens with zero attached hydrogens (tertiary/aromatic N) is 1. The number of rotatable bonds is 3. The van der Waals surface area contributed by atoms with Crippen LogP contribution in [0.2, 0.25) is 0 Å². The summed E-state index contributed by atoms with van der Waals surface area (Å²) in [4.78, 5) is 36.9. The van der Waals surface area contributed by atoms with E-state index < -0.39 is 16.3 Å². The molecule has 0 spiro atoms. The number of ketones is 1. The number of carbonyl (C=O) groups excluding carboxylic acids is 1. The molecule has 3 aromatic rings. The van der Waals surface area contributed by atoms with E-state index in [2.05, 4.69) is 4.98 Å². The highest BCUT2D eigenvalue weighted by Crippen LogP contribution is 2.26. The second-order valence-corrected chi connectivity index (χ2v) is 4.86. The average molecular weight is 310 g/mol. The summed E-state index contributed by atoms with van der Waals surface area (Å²) in [6.07, 6.45) is 0. The molecule has 0 unspecified atom stereocenters. The van der Waals surface area contributed by atoms with E-state index >= 15 is 0 Å². The third-order valence-corrected chi connectivity index (χ3v) is 3.47. The van der Waals surface area contributed by atoms with Crippen molar-refractivity contribution in [2.75, 3.05) is 0 Å². The minimum Gasteiger partial charge on any atom is -0.505 e. The summed E-state index contributed by atoms with van der Waals surface area (Å²) in [5.41, 5.74) is -0.777. The monoisotopic (exact) mass is 310 g/mol. The number of non-ortho nitro benzene ring substituents is 1. The Hall–Kier alpha value is -3.48. The van der Waals surface area contributed by atoms with Gasteiger partial charge in [-0.2, -0.15) is 0 Å². The summed E-state index contributed by atoms with van der Waals surface area (Å²) in [6.45, 7) is 0. The first kappa shape index (κ1) is 14.5. The van der Waals surface area contributed by atoms with Crippen molar-refractivity contribution in [3.8, 4) is 5.75 Å². The van der Waals surface area contributed by atoms with E-state index in [9.17, 15) is 24.8 Å². The molecule has 0 saturated heterocycles. The van der Waals surface area contributed by atoms with Gasteiger partial charge in [-0.15, -0.1) is 0 Å². The second kappa shape index (κ2) is 5.38. The van der Waals surface area contributed by atoms with Gasteiger partial charge < -0.3 is 10.1 Å². The number of nitro groups is 1. The van der Waals surface area contributed by atoms with E-state index in [-0.39, 0.29) is 33.5 Å². The molecule has 0 saturated carbocycles. The Morgan fingerprint density at radius 1 is 1.04 bits per heavy atom. The second-order valence-electron chi connectivity index (χ2n) is 4.86. The summed E-state index contributed by atoms with van der Waals surface area (Å²) in [5, 5.41) is 21.4. The number of hydrogen-bond donors (Lipinski definition) is 2. The minimum absolute atomic E-state index is 0.122. The first-order valence-corrected chi connectivity index (χ1v) is 6.62. The molecule has 0 amide bonds. The maximum atomic E-state index is 12.4. The van der Waals surface area contributed by atoms with Crippen LogP contribution in [0.15, 0.2) is 53.3 Å². The molecule has 23 heavy (non-hydrogen) atoms. The zero-order valence-corrected chi connectivity index (χ0v) is 11.6. The number of nitrogens with one attached hydrogen (secondary N) is 1. The number of aromatic nitrogens is 1. The molecule has 7 heteroatoms. The molecule has 2 aromatic carbocycles. The van der Waals surface area contributed by atoms with Crippen LogP contribution < -0.4 is 5.56 Å². The number of nitro benzene ring substituents is 1. The fourth-order valence-electron chi connectivity index (χ4n) is 2.31. The maximum absolute atomic E-state index is 12.4. The predicted octanol–water partition coefficient (Wildman–Crippen LogP) is 2.37. The summed E-state index contributed by atoms with van der Waals surface area (Å²) >= 11 is 0. The molecule has 0 aliphatic rings. The van der Waals surface area contributed by atoms with Crippen molar-refractivity contribution < 1.29 is 14.8 Å². The topological polar surface area (TPSA) is 113 Å². The number of hydrogen-bond acceptors (Lipinski definition) is 5. The molecule has 2 N–H and O–H groups in total. The van der Waals surface area contributed by atoms with Crippen LogP contribution >= 0.6 is 0 Å². The first-order valence-electron chi connectivity index (χ1n) is 6.62. The van der Waals surface area contributed by atoms with Gasteiger partial charge in [0.15, 0.2) is 5.75 Å². The molecule has 7 nitrogen and oxygen atoms in total. The molecule has 0 bridgehead atoms. The molecule has 3 rings (SSSR count). The largest absolute Gasteiger partial charge is 0.505 e. The molecule has 0 aliphatic heterocycles. The summed E-state index contributed by atoms with van der Waals surface area (Å²) in [7, 11) is 0. The summed E-state index contributed by atoms with van der Waals surface area (Å²) in [5.74, 6) is -0.955. The lowest BCUT2D eigenvalue weighted by Gasteiger charge is -2.07. The number of H-pyrrole nitrogens is 1. The van der Waals surface area contributed by atoms with Crippen molar-refractivity contribution in [2.24, 2.45) is 0 Å². The van der Waals surface area contributed by atoms with Gasteiger partial charge in [-0.05, 0) is 18.2 Å². The van der Waals surface area contributed by atoms with Gasteiger partial charge >= 0.3 is 0 Å². The van der Waals surface area contributed by atoms with E-state index in [0.29, 0.717) is 0 Å². The molecule has 1 heterocycles. The van der Waals surface area contributed by atoms with Crippen molar-refractivity contribution in [3.05, 3.63) is 80.3 Å². The molecular weight excluding hydrogens is 300 g/mol. The zero-order valence-electron chi connectivity index (χ0n) is 11.6. The van der Waals surface area contributed by atoms with Crippen LogP contribution in [-0.4, -0.2) is 20.8 Å². The quantitative estimate of drug-likeness (QED) is 0.438. The Balaban J connectivity index is 2.13.